The van der Waals surface area contributed by atoms with Crippen LogP contribution in [0.2, 0.25) is 0 Å². The molecule has 10 heteroatoms. The molecular formula is C20H18N4O5S. The van der Waals surface area contributed by atoms with E-state index in [9.17, 15) is 23.3 Å². The van der Waals surface area contributed by atoms with Crippen LogP contribution in [-0.4, -0.2) is 29.0 Å². The number of fused-ring (bicyclic) bond motifs is 1. The van der Waals surface area contributed by atoms with Gasteiger partial charge in [0.2, 0.25) is 0 Å². The van der Waals surface area contributed by atoms with Crippen molar-refractivity contribution in [1.82, 2.24) is 9.78 Å². The number of nitro groups is 1. The highest BCUT2D eigenvalue weighted by Gasteiger charge is 2.33. The number of amides is 1. The minimum Gasteiger partial charge on any atom is -0.306 e. The van der Waals surface area contributed by atoms with Crippen LogP contribution >= 0.6 is 0 Å². The van der Waals surface area contributed by atoms with Crippen molar-refractivity contribution in [3.63, 3.8) is 0 Å². The van der Waals surface area contributed by atoms with Crippen LogP contribution in [0, 0.1) is 24.0 Å². The zero-order valence-corrected chi connectivity index (χ0v) is 17.1. The van der Waals surface area contributed by atoms with Crippen LogP contribution in [0.4, 0.5) is 11.5 Å². The zero-order valence-electron chi connectivity index (χ0n) is 16.2. The predicted molar refractivity (Wildman–Crippen MR) is 110 cm³/mol. The summed E-state index contributed by atoms with van der Waals surface area (Å²) in [6.07, 6.45) is 0. The quantitative estimate of drug-likeness (QED) is 0.505. The second kappa shape index (κ2) is 7.06. The number of aromatic nitrogens is 2. The van der Waals surface area contributed by atoms with Gasteiger partial charge in [-0.15, -0.1) is 0 Å². The molecular weight excluding hydrogens is 408 g/mol. The van der Waals surface area contributed by atoms with Crippen LogP contribution in [0.25, 0.3) is 5.69 Å². The minimum absolute atomic E-state index is 0.0895. The van der Waals surface area contributed by atoms with Crippen molar-refractivity contribution in [3.05, 3.63) is 80.5 Å². The molecule has 1 aliphatic heterocycles. The van der Waals surface area contributed by atoms with Gasteiger partial charge in [-0.05, 0) is 43.2 Å². The van der Waals surface area contributed by atoms with Crippen LogP contribution in [0.5, 0.6) is 0 Å². The zero-order chi connectivity index (χ0) is 21.6. The summed E-state index contributed by atoms with van der Waals surface area (Å²) in [7, 11) is -3.33. The van der Waals surface area contributed by atoms with Gasteiger partial charge in [-0.2, -0.15) is 5.10 Å². The molecule has 4 rings (SSSR count). The Balaban J connectivity index is 1.78. The molecule has 0 atom stereocenters. The SMILES string of the molecule is Cc1ccc(-n2nc3c(c2NC(=O)c2cccc([N+](=O)[O-])c2)CS(=O)(=O)C3)cc1C. The van der Waals surface area contributed by atoms with Gasteiger partial charge < -0.3 is 5.32 Å². The minimum atomic E-state index is -3.33. The average molecular weight is 426 g/mol. The second-order valence-electron chi connectivity index (χ2n) is 7.25. The molecule has 0 radical (unpaired) electrons. The molecule has 0 bridgehead atoms. The van der Waals surface area contributed by atoms with Crippen LogP contribution < -0.4 is 5.32 Å². The molecule has 3 aromatic rings. The third-order valence-electron chi connectivity index (χ3n) is 5.07. The molecule has 1 aromatic heterocycles. The Morgan fingerprint density at radius 3 is 2.60 bits per heavy atom. The largest absolute Gasteiger partial charge is 0.306 e. The lowest BCUT2D eigenvalue weighted by atomic mass is 10.1. The number of nitrogens with zero attached hydrogens (tertiary/aromatic N) is 3. The lowest BCUT2D eigenvalue weighted by Gasteiger charge is -2.12. The van der Waals surface area contributed by atoms with E-state index in [1.807, 2.05) is 32.0 Å². The highest BCUT2D eigenvalue weighted by Crippen LogP contribution is 2.33. The number of nitro benzene ring substituents is 1. The van der Waals surface area contributed by atoms with E-state index < -0.39 is 20.7 Å². The molecule has 0 fully saturated rings. The fourth-order valence-electron chi connectivity index (χ4n) is 3.36. The van der Waals surface area contributed by atoms with Gasteiger partial charge in [0, 0.05) is 23.3 Å². The monoisotopic (exact) mass is 426 g/mol. The van der Waals surface area contributed by atoms with Gasteiger partial charge in [0.25, 0.3) is 11.6 Å². The molecule has 0 unspecified atom stereocenters. The molecule has 0 saturated heterocycles. The summed E-state index contributed by atoms with van der Waals surface area (Å²) in [5.41, 5.74) is 3.49. The van der Waals surface area contributed by atoms with Crippen molar-refractivity contribution >= 4 is 27.2 Å². The Labute approximate surface area is 172 Å². The maximum Gasteiger partial charge on any atom is 0.270 e. The van der Waals surface area contributed by atoms with E-state index in [0.717, 1.165) is 11.1 Å². The summed E-state index contributed by atoms with van der Waals surface area (Å²) in [5, 5.41) is 18.2. The maximum atomic E-state index is 12.8. The number of anilines is 1. The topological polar surface area (TPSA) is 124 Å². The van der Waals surface area contributed by atoms with Gasteiger partial charge in [-0.25, -0.2) is 13.1 Å². The Kier molecular flexibility index (Phi) is 4.65. The molecule has 1 aliphatic rings. The van der Waals surface area contributed by atoms with Gasteiger partial charge in [0.1, 0.15) is 5.82 Å². The molecule has 154 valence electrons. The molecule has 1 N–H and O–H groups in total. The Bertz CT molecular complexity index is 1310. The Morgan fingerprint density at radius 1 is 1.13 bits per heavy atom. The van der Waals surface area contributed by atoms with Crippen molar-refractivity contribution in [2.24, 2.45) is 0 Å². The van der Waals surface area contributed by atoms with Crippen molar-refractivity contribution in [2.45, 2.75) is 25.4 Å². The molecule has 2 aromatic carbocycles. The summed E-state index contributed by atoms with van der Waals surface area (Å²) < 4.78 is 25.7. The summed E-state index contributed by atoms with van der Waals surface area (Å²) in [6, 6.07) is 11.0. The normalized spacial score (nSPS) is 14.3. The Morgan fingerprint density at radius 2 is 1.90 bits per heavy atom. The molecule has 1 amide bonds. The highest BCUT2D eigenvalue weighted by molar-refractivity contribution is 7.90. The summed E-state index contributed by atoms with van der Waals surface area (Å²) in [6.45, 7) is 3.92. The van der Waals surface area contributed by atoms with Gasteiger partial charge in [-0.1, -0.05) is 12.1 Å². The molecule has 30 heavy (non-hydrogen) atoms. The van der Waals surface area contributed by atoms with E-state index in [4.69, 9.17) is 0 Å². The first-order chi connectivity index (χ1) is 14.1. The predicted octanol–water partition coefficient (Wildman–Crippen LogP) is 3.08. The van der Waals surface area contributed by atoms with Crippen molar-refractivity contribution in [1.29, 1.82) is 0 Å². The first kappa shape index (κ1) is 19.8. The van der Waals surface area contributed by atoms with Crippen molar-refractivity contribution in [3.8, 4) is 5.69 Å². The van der Waals surface area contributed by atoms with Gasteiger partial charge >= 0.3 is 0 Å². The smallest absolute Gasteiger partial charge is 0.270 e. The van der Waals surface area contributed by atoms with Crippen LogP contribution in [0.1, 0.15) is 32.7 Å². The third-order valence-corrected chi connectivity index (χ3v) is 6.52. The van der Waals surface area contributed by atoms with E-state index >= 15 is 0 Å². The number of non-ortho nitro benzene ring substituents is 1. The number of carbonyl (C=O) groups excluding carboxylic acids is 1. The number of hydrogen-bond donors (Lipinski definition) is 1. The summed E-state index contributed by atoms with van der Waals surface area (Å²) in [4.78, 5) is 23.3. The number of hydrogen-bond acceptors (Lipinski definition) is 6. The first-order valence-corrected chi connectivity index (χ1v) is 10.9. The molecule has 2 heterocycles. The number of carbonyl (C=O) groups is 1. The lowest BCUT2D eigenvalue weighted by Crippen LogP contribution is -2.17. The van der Waals surface area contributed by atoms with Gasteiger partial charge in [0.15, 0.2) is 9.84 Å². The fraction of sp³-hybridized carbons (Fsp3) is 0.200. The molecule has 0 aliphatic carbocycles. The van der Waals surface area contributed by atoms with E-state index in [0.29, 0.717) is 16.9 Å². The van der Waals surface area contributed by atoms with Crippen LogP contribution in [0.15, 0.2) is 42.5 Å². The number of nitrogens with one attached hydrogen (secondary N) is 1. The van der Waals surface area contributed by atoms with E-state index in [1.54, 1.807) is 0 Å². The van der Waals surface area contributed by atoms with Crippen molar-refractivity contribution < 1.29 is 18.1 Å². The van der Waals surface area contributed by atoms with E-state index in [2.05, 4.69) is 10.4 Å². The van der Waals surface area contributed by atoms with E-state index in [1.165, 1.54) is 28.9 Å². The van der Waals surface area contributed by atoms with E-state index in [-0.39, 0.29) is 28.6 Å². The maximum absolute atomic E-state index is 12.8. The number of rotatable bonds is 4. The number of aryl methyl sites for hydroxylation is 2. The van der Waals surface area contributed by atoms with Gasteiger partial charge in [0.05, 0.1) is 27.8 Å². The van der Waals surface area contributed by atoms with Gasteiger partial charge in [-0.3, -0.25) is 14.9 Å². The van der Waals surface area contributed by atoms with Crippen LogP contribution in [-0.2, 0) is 21.3 Å². The van der Waals surface area contributed by atoms with Crippen LogP contribution in [0.3, 0.4) is 0 Å². The third kappa shape index (κ3) is 3.57. The second-order valence-corrected chi connectivity index (χ2v) is 9.31. The fourth-order valence-corrected chi connectivity index (χ4v) is 4.85. The summed E-state index contributed by atoms with van der Waals surface area (Å²) in [5.74, 6) is -0.751. The molecule has 9 nitrogen and oxygen atoms in total. The Hall–Kier alpha value is -3.53. The average Bonchev–Trinajstić information content (AvgIpc) is 3.16. The standard InChI is InChI=1S/C20H18N4O5S/c1-12-6-7-15(8-13(12)2)23-19(17-10-30(28,29)11-18(17)22-23)21-20(25)14-4-3-5-16(9-14)24(26)27/h3-9H,10-11H2,1-2H3,(H,21,25). The number of benzene rings is 2. The first-order valence-electron chi connectivity index (χ1n) is 9.09. The number of sulfone groups is 1. The van der Waals surface area contributed by atoms with Crippen molar-refractivity contribution in [2.75, 3.05) is 5.32 Å². The summed E-state index contributed by atoms with van der Waals surface area (Å²) >= 11 is 0. The molecule has 0 saturated carbocycles. The highest BCUT2D eigenvalue weighted by atomic mass is 32.2. The lowest BCUT2D eigenvalue weighted by molar-refractivity contribution is -0.384. The molecule has 0 spiro atoms.